The van der Waals surface area contributed by atoms with E-state index < -0.39 is 10.0 Å². The predicted molar refractivity (Wildman–Crippen MR) is 72.0 cm³/mol. The van der Waals surface area contributed by atoms with Crippen molar-refractivity contribution in [2.24, 2.45) is 5.41 Å². The van der Waals surface area contributed by atoms with E-state index in [1.165, 1.54) is 12.3 Å². The quantitative estimate of drug-likeness (QED) is 0.851. The molecular weight excluding hydrogens is 266 g/mol. The molecule has 2 atom stereocenters. The Morgan fingerprint density at radius 2 is 2.21 bits per heavy atom. The molecule has 1 aliphatic carbocycles. The van der Waals surface area contributed by atoms with Crippen LogP contribution in [-0.2, 0) is 14.8 Å². The van der Waals surface area contributed by atoms with Crippen LogP contribution in [0.4, 0.5) is 5.82 Å². The maximum absolute atomic E-state index is 12.3. The Morgan fingerprint density at radius 3 is 2.74 bits per heavy atom. The molecule has 19 heavy (non-hydrogen) atoms. The third-order valence-electron chi connectivity index (χ3n) is 3.85. The molecule has 0 radical (unpaired) electrons. The molecular formula is C12H19N3O3S. The van der Waals surface area contributed by atoms with Gasteiger partial charge in [-0.2, -0.15) is 0 Å². The molecule has 2 unspecified atom stereocenters. The number of ether oxygens (including phenoxy) is 1. The molecule has 106 valence electrons. The Hall–Kier alpha value is -1.18. The number of nitrogens with one attached hydrogen (secondary N) is 1. The van der Waals surface area contributed by atoms with E-state index in [-0.39, 0.29) is 28.3 Å². The Labute approximate surface area is 113 Å². The van der Waals surface area contributed by atoms with Crippen molar-refractivity contribution in [3.05, 3.63) is 18.3 Å². The first kappa shape index (κ1) is 14.2. The molecule has 1 fully saturated rings. The molecule has 0 aliphatic heterocycles. The minimum absolute atomic E-state index is 0.00965. The maximum atomic E-state index is 12.3. The number of methoxy groups -OCH3 is 1. The first-order chi connectivity index (χ1) is 8.79. The Morgan fingerprint density at radius 1 is 1.53 bits per heavy atom. The molecule has 1 aromatic heterocycles. The van der Waals surface area contributed by atoms with E-state index in [0.717, 1.165) is 0 Å². The minimum atomic E-state index is -3.65. The minimum Gasteiger partial charge on any atom is -0.383 e. The van der Waals surface area contributed by atoms with Gasteiger partial charge >= 0.3 is 0 Å². The molecule has 0 saturated heterocycles. The zero-order valence-electron chi connectivity index (χ0n) is 11.3. The van der Waals surface area contributed by atoms with Gasteiger partial charge in [0.05, 0.1) is 6.10 Å². The largest absolute Gasteiger partial charge is 0.383 e. The Bertz CT molecular complexity index is 571. The number of nitrogens with zero attached hydrogens (tertiary/aromatic N) is 1. The van der Waals surface area contributed by atoms with Gasteiger partial charge < -0.3 is 10.5 Å². The van der Waals surface area contributed by atoms with Crippen LogP contribution in [-0.4, -0.2) is 32.7 Å². The molecule has 1 saturated carbocycles. The Balaban J connectivity index is 2.19. The first-order valence-electron chi connectivity index (χ1n) is 6.04. The van der Waals surface area contributed by atoms with E-state index in [0.29, 0.717) is 6.42 Å². The summed E-state index contributed by atoms with van der Waals surface area (Å²) < 4.78 is 32.5. The lowest BCUT2D eigenvalue weighted by Gasteiger charge is -2.50. The van der Waals surface area contributed by atoms with Gasteiger partial charge in [0, 0.05) is 24.8 Å². The van der Waals surface area contributed by atoms with Crippen molar-refractivity contribution in [3.63, 3.8) is 0 Å². The summed E-state index contributed by atoms with van der Waals surface area (Å²) in [5.41, 5.74) is 5.37. The molecule has 1 aromatic rings. The fourth-order valence-corrected chi connectivity index (χ4v) is 3.85. The number of nitrogen functional groups attached to an aromatic ring is 1. The standard InChI is InChI=1S/C12H19N3O3S/c1-12(2)9(7-10(12)18-3)15-19(16,17)8-5-4-6-14-11(8)13/h4-6,9-10,15H,7H2,1-3H3,(H2,13,14). The zero-order chi connectivity index (χ0) is 14.3. The maximum Gasteiger partial charge on any atom is 0.244 e. The number of nitrogens with two attached hydrogens (primary N) is 1. The van der Waals surface area contributed by atoms with Crippen LogP contribution in [0.1, 0.15) is 20.3 Å². The lowest BCUT2D eigenvalue weighted by Crippen LogP contribution is -2.61. The van der Waals surface area contributed by atoms with Gasteiger partial charge in [-0.15, -0.1) is 0 Å². The van der Waals surface area contributed by atoms with Crippen LogP contribution in [0.15, 0.2) is 23.2 Å². The summed E-state index contributed by atoms with van der Waals surface area (Å²) in [5.74, 6) is 0.00965. The highest BCUT2D eigenvalue weighted by molar-refractivity contribution is 7.89. The van der Waals surface area contributed by atoms with Gasteiger partial charge in [-0.25, -0.2) is 18.1 Å². The molecule has 1 heterocycles. The van der Waals surface area contributed by atoms with E-state index >= 15 is 0 Å². The van der Waals surface area contributed by atoms with Crippen molar-refractivity contribution in [2.75, 3.05) is 12.8 Å². The number of rotatable bonds is 4. The van der Waals surface area contributed by atoms with E-state index in [2.05, 4.69) is 9.71 Å². The summed E-state index contributed by atoms with van der Waals surface area (Å²) in [4.78, 5) is 3.82. The summed E-state index contributed by atoms with van der Waals surface area (Å²) in [6.07, 6.45) is 2.18. The van der Waals surface area contributed by atoms with Gasteiger partial charge in [-0.3, -0.25) is 0 Å². The lowest BCUT2D eigenvalue weighted by molar-refractivity contribution is -0.0908. The van der Waals surface area contributed by atoms with E-state index in [4.69, 9.17) is 10.5 Å². The van der Waals surface area contributed by atoms with Crippen LogP contribution in [0.2, 0.25) is 0 Å². The lowest BCUT2D eigenvalue weighted by atomic mass is 9.65. The van der Waals surface area contributed by atoms with Gasteiger partial charge in [0.2, 0.25) is 10.0 Å². The number of hydrogen-bond donors (Lipinski definition) is 2. The molecule has 0 aromatic carbocycles. The normalized spacial score (nSPS) is 25.8. The van der Waals surface area contributed by atoms with Crippen molar-refractivity contribution in [3.8, 4) is 0 Å². The number of pyridine rings is 1. The average molecular weight is 285 g/mol. The molecule has 7 heteroatoms. The molecule has 3 N–H and O–H groups in total. The highest BCUT2D eigenvalue weighted by Crippen LogP contribution is 2.43. The monoisotopic (exact) mass is 285 g/mol. The third kappa shape index (κ3) is 2.45. The highest BCUT2D eigenvalue weighted by Gasteiger charge is 2.50. The SMILES string of the molecule is COC1CC(NS(=O)(=O)c2cccnc2N)C1(C)C. The van der Waals surface area contributed by atoms with Gasteiger partial charge in [0.15, 0.2) is 0 Å². The van der Waals surface area contributed by atoms with Crippen LogP contribution in [0.25, 0.3) is 0 Å². The summed E-state index contributed by atoms with van der Waals surface area (Å²) in [5, 5.41) is 0. The van der Waals surface area contributed by atoms with Crippen molar-refractivity contribution in [2.45, 2.75) is 37.3 Å². The molecule has 0 spiro atoms. The topological polar surface area (TPSA) is 94.3 Å². The van der Waals surface area contributed by atoms with Gasteiger partial charge in [-0.05, 0) is 18.6 Å². The van der Waals surface area contributed by atoms with Crippen LogP contribution >= 0.6 is 0 Å². The zero-order valence-corrected chi connectivity index (χ0v) is 12.1. The molecule has 2 rings (SSSR count). The number of sulfonamides is 1. The molecule has 0 bridgehead atoms. The molecule has 0 amide bonds. The second-order valence-electron chi connectivity index (χ2n) is 5.34. The second-order valence-corrected chi connectivity index (χ2v) is 7.02. The van der Waals surface area contributed by atoms with Gasteiger partial charge in [0.25, 0.3) is 0 Å². The van der Waals surface area contributed by atoms with Crippen LogP contribution in [0.5, 0.6) is 0 Å². The van der Waals surface area contributed by atoms with Gasteiger partial charge in [0.1, 0.15) is 10.7 Å². The van der Waals surface area contributed by atoms with E-state index in [1.54, 1.807) is 13.2 Å². The second kappa shape index (κ2) is 4.73. The smallest absolute Gasteiger partial charge is 0.244 e. The first-order valence-corrected chi connectivity index (χ1v) is 7.53. The predicted octanol–water partition coefficient (Wildman–Crippen LogP) is 0.756. The highest BCUT2D eigenvalue weighted by atomic mass is 32.2. The van der Waals surface area contributed by atoms with E-state index in [9.17, 15) is 8.42 Å². The van der Waals surface area contributed by atoms with E-state index in [1.807, 2.05) is 13.8 Å². The number of hydrogen-bond acceptors (Lipinski definition) is 5. The Kier molecular flexibility index (Phi) is 3.55. The summed E-state index contributed by atoms with van der Waals surface area (Å²) in [7, 11) is -2.01. The van der Waals surface area contributed by atoms with Crippen molar-refractivity contribution < 1.29 is 13.2 Å². The fraction of sp³-hybridized carbons (Fsp3) is 0.583. The van der Waals surface area contributed by atoms with Crippen LogP contribution < -0.4 is 10.5 Å². The molecule has 6 nitrogen and oxygen atoms in total. The van der Waals surface area contributed by atoms with Gasteiger partial charge in [-0.1, -0.05) is 13.8 Å². The van der Waals surface area contributed by atoms with Crippen molar-refractivity contribution in [1.29, 1.82) is 0 Å². The van der Waals surface area contributed by atoms with Crippen molar-refractivity contribution >= 4 is 15.8 Å². The average Bonchev–Trinajstić information content (AvgIpc) is 2.34. The fourth-order valence-electron chi connectivity index (χ4n) is 2.37. The number of anilines is 1. The molecule has 1 aliphatic rings. The van der Waals surface area contributed by atoms with Crippen molar-refractivity contribution in [1.82, 2.24) is 9.71 Å². The van der Waals surface area contributed by atoms with Crippen LogP contribution in [0.3, 0.4) is 0 Å². The number of aromatic nitrogens is 1. The third-order valence-corrected chi connectivity index (χ3v) is 5.37. The summed E-state index contributed by atoms with van der Waals surface area (Å²) in [6.45, 7) is 3.95. The van der Waals surface area contributed by atoms with Crippen LogP contribution in [0, 0.1) is 5.41 Å². The summed E-state index contributed by atoms with van der Waals surface area (Å²) in [6, 6.07) is 2.83. The summed E-state index contributed by atoms with van der Waals surface area (Å²) >= 11 is 0.